The van der Waals surface area contributed by atoms with Gasteiger partial charge in [-0.15, -0.1) is 0 Å². The van der Waals surface area contributed by atoms with Crippen LogP contribution in [-0.4, -0.2) is 54.1 Å². The standard InChI is InChI=1S/C13H23NO4/c1-12(2,3)18-11(16)14-6-10(7-15)17-9-13(8-14)4-5-13/h10,15H,4-9H2,1-3H3/t10-/m0/s1. The Bertz CT molecular complexity index is 319. The number of carbonyl (C=O) groups excluding carboxylic acids is 1. The molecule has 104 valence electrons. The molecule has 1 aliphatic heterocycles. The Morgan fingerprint density at radius 2 is 2.17 bits per heavy atom. The second-order valence-electron chi connectivity index (χ2n) is 6.48. The van der Waals surface area contributed by atoms with Gasteiger partial charge < -0.3 is 19.5 Å². The van der Waals surface area contributed by atoms with Gasteiger partial charge in [-0.3, -0.25) is 0 Å². The zero-order valence-corrected chi connectivity index (χ0v) is 11.4. The Hall–Kier alpha value is -0.810. The molecule has 1 N–H and O–H groups in total. The molecule has 5 nitrogen and oxygen atoms in total. The fraction of sp³-hybridized carbons (Fsp3) is 0.923. The van der Waals surface area contributed by atoms with Crippen LogP contribution in [0.5, 0.6) is 0 Å². The molecule has 0 aromatic carbocycles. The molecule has 1 saturated heterocycles. The number of ether oxygens (including phenoxy) is 2. The van der Waals surface area contributed by atoms with Crippen LogP contribution >= 0.6 is 0 Å². The smallest absolute Gasteiger partial charge is 0.410 e. The first-order chi connectivity index (χ1) is 8.34. The molecule has 0 unspecified atom stereocenters. The number of rotatable bonds is 1. The SMILES string of the molecule is CC(C)(C)OC(=O)N1C[C@@H](CO)OCC2(CC2)C1. The van der Waals surface area contributed by atoms with Crippen LogP contribution in [0.3, 0.4) is 0 Å². The molecule has 0 radical (unpaired) electrons. The molecule has 2 rings (SSSR count). The van der Waals surface area contributed by atoms with Crippen molar-refractivity contribution in [2.24, 2.45) is 5.41 Å². The summed E-state index contributed by atoms with van der Waals surface area (Å²) in [5.41, 5.74) is -0.378. The highest BCUT2D eigenvalue weighted by Gasteiger charge is 2.48. The molecule has 0 aromatic rings. The lowest BCUT2D eigenvalue weighted by Gasteiger charge is -2.28. The summed E-state index contributed by atoms with van der Waals surface area (Å²) in [5, 5.41) is 9.23. The third kappa shape index (κ3) is 3.36. The molecule has 1 spiro atoms. The number of hydrogen-bond donors (Lipinski definition) is 1. The van der Waals surface area contributed by atoms with Crippen molar-refractivity contribution < 1.29 is 19.4 Å². The summed E-state index contributed by atoms with van der Waals surface area (Å²) >= 11 is 0. The third-order valence-corrected chi connectivity index (χ3v) is 3.39. The van der Waals surface area contributed by atoms with Crippen molar-refractivity contribution in [1.29, 1.82) is 0 Å². The zero-order valence-electron chi connectivity index (χ0n) is 11.4. The zero-order chi connectivity index (χ0) is 13.4. The summed E-state index contributed by atoms with van der Waals surface area (Å²) < 4.78 is 11.0. The molecule has 5 heteroatoms. The summed E-state index contributed by atoms with van der Waals surface area (Å²) in [6.45, 7) is 7.24. The lowest BCUT2D eigenvalue weighted by atomic mass is 10.1. The van der Waals surface area contributed by atoms with E-state index in [-0.39, 0.29) is 24.2 Å². The van der Waals surface area contributed by atoms with Gasteiger partial charge in [0, 0.05) is 12.0 Å². The maximum atomic E-state index is 12.1. The molecule has 1 saturated carbocycles. The number of hydrogen-bond acceptors (Lipinski definition) is 4. The van der Waals surface area contributed by atoms with E-state index in [1.807, 2.05) is 20.8 Å². The molecule has 2 fully saturated rings. The highest BCUT2D eigenvalue weighted by molar-refractivity contribution is 5.68. The van der Waals surface area contributed by atoms with E-state index < -0.39 is 5.60 Å². The van der Waals surface area contributed by atoms with Crippen LogP contribution in [-0.2, 0) is 9.47 Å². The van der Waals surface area contributed by atoms with E-state index in [0.29, 0.717) is 19.7 Å². The van der Waals surface area contributed by atoms with Gasteiger partial charge in [0.1, 0.15) is 5.60 Å². The van der Waals surface area contributed by atoms with E-state index in [2.05, 4.69) is 0 Å². The van der Waals surface area contributed by atoms with Gasteiger partial charge in [-0.05, 0) is 33.6 Å². The van der Waals surface area contributed by atoms with Gasteiger partial charge in [0.25, 0.3) is 0 Å². The molecule has 1 aliphatic carbocycles. The van der Waals surface area contributed by atoms with Crippen LogP contribution in [0.1, 0.15) is 33.6 Å². The topological polar surface area (TPSA) is 59.0 Å². The number of nitrogens with zero attached hydrogens (tertiary/aromatic N) is 1. The summed E-state index contributed by atoms with van der Waals surface area (Å²) in [6, 6.07) is 0. The number of amides is 1. The minimum atomic E-state index is -0.490. The van der Waals surface area contributed by atoms with Crippen LogP contribution in [0.4, 0.5) is 4.79 Å². The lowest BCUT2D eigenvalue weighted by molar-refractivity contribution is -0.00464. The minimum absolute atomic E-state index is 0.0601. The monoisotopic (exact) mass is 257 g/mol. The predicted octanol–water partition coefficient (Wildman–Crippen LogP) is 1.39. The summed E-state index contributed by atoms with van der Waals surface area (Å²) in [4.78, 5) is 13.8. The van der Waals surface area contributed by atoms with Crippen molar-refractivity contribution in [2.45, 2.75) is 45.3 Å². The van der Waals surface area contributed by atoms with E-state index in [1.165, 1.54) is 0 Å². The van der Waals surface area contributed by atoms with E-state index in [1.54, 1.807) is 4.90 Å². The number of aliphatic hydroxyl groups is 1. The van der Waals surface area contributed by atoms with E-state index in [0.717, 1.165) is 12.8 Å². The first-order valence-corrected chi connectivity index (χ1v) is 6.54. The Kier molecular flexibility index (Phi) is 3.56. The molecule has 0 bridgehead atoms. The molecule has 18 heavy (non-hydrogen) atoms. The first-order valence-electron chi connectivity index (χ1n) is 6.54. The van der Waals surface area contributed by atoms with Crippen LogP contribution in [0.25, 0.3) is 0 Å². The van der Waals surface area contributed by atoms with Crippen LogP contribution in [0, 0.1) is 5.41 Å². The number of carbonyl (C=O) groups is 1. The fourth-order valence-electron chi connectivity index (χ4n) is 2.16. The van der Waals surface area contributed by atoms with Crippen molar-refractivity contribution in [1.82, 2.24) is 4.90 Å². The highest BCUT2D eigenvalue weighted by Crippen LogP contribution is 2.47. The van der Waals surface area contributed by atoms with Gasteiger partial charge in [0.2, 0.25) is 0 Å². The van der Waals surface area contributed by atoms with Gasteiger partial charge >= 0.3 is 6.09 Å². The van der Waals surface area contributed by atoms with E-state index >= 15 is 0 Å². The molecular formula is C13H23NO4. The molecule has 1 atom stereocenters. The largest absolute Gasteiger partial charge is 0.444 e. The molecule has 2 aliphatic rings. The van der Waals surface area contributed by atoms with Crippen LogP contribution in [0.15, 0.2) is 0 Å². The van der Waals surface area contributed by atoms with E-state index in [9.17, 15) is 9.90 Å². The quantitative estimate of drug-likeness (QED) is 0.771. The van der Waals surface area contributed by atoms with Gasteiger partial charge in [-0.1, -0.05) is 0 Å². The summed E-state index contributed by atoms with van der Waals surface area (Å²) in [5.74, 6) is 0. The third-order valence-electron chi connectivity index (χ3n) is 3.39. The Morgan fingerprint density at radius 3 is 2.67 bits per heavy atom. The van der Waals surface area contributed by atoms with Crippen molar-refractivity contribution in [3.8, 4) is 0 Å². The molecular weight excluding hydrogens is 234 g/mol. The van der Waals surface area contributed by atoms with Crippen LogP contribution < -0.4 is 0 Å². The fourth-order valence-corrected chi connectivity index (χ4v) is 2.16. The Balaban J connectivity index is 2.02. The second kappa shape index (κ2) is 4.70. The lowest BCUT2D eigenvalue weighted by Crippen LogP contribution is -2.42. The van der Waals surface area contributed by atoms with Gasteiger partial charge in [-0.2, -0.15) is 0 Å². The van der Waals surface area contributed by atoms with Gasteiger partial charge in [-0.25, -0.2) is 4.79 Å². The minimum Gasteiger partial charge on any atom is -0.444 e. The highest BCUT2D eigenvalue weighted by atomic mass is 16.6. The van der Waals surface area contributed by atoms with Crippen molar-refractivity contribution in [2.75, 3.05) is 26.3 Å². The number of aliphatic hydroxyl groups excluding tert-OH is 1. The molecule has 1 amide bonds. The van der Waals surface area contributed by atoms with Crippen LogP contribution in [0.2, 0.25) is 0 Å². The van der Waals surface area contributed by atoms with Crippen molar-refractivity contribution in [3.05, 3.63) is 0 Å². The van der Waals surface area contributed by atoms with E-state index in [4.69, 9.17) is 9.47 Å². The maximum Gasteiger partial charge on any atom is 0.410 e. The maximum absolute atomic E-state index is 12.1. The average molecular weight is 257 g/mol. The van der Waals surface area contributed by atoms with Gasteiger partial charge in [0.15, 0.2) is 0 Å². The summed E-state index contributed by atoms with van der Waals surface area (Å²) in [7, 11) is 0. The Labute approximate surface area is 108 Å². The first kappa shape index (κ1) is 13.6. The van der Waals surface area contributed by atoms with Gasteiger partial charge in [0.05, 0.1) is 25.9 Å². The molecule has 1 heterocycles. The average Bonchev–Trinajstić information content (AvgIpc) is 3.03. The Morgan fingerprint density at radius 1 is 1.50 bits per heavy atom. The normalized spacial score (nSPS) is 26.9. The second-order valence-corrected chi connectivity index (χ2v) is 6.48. The predicted molar refractivity (Wildman–Crippen MR) is 66.3 cm³/mol. The van der Waals surface area contributed by atoms with Crippen molar-refractivity contribution >= 4 is 6.09 Å². The van der Waals surface area contributed by atoms with Crippen molar-refractivity contribution in [3.63, 3.8) is 0 Å². The molecule has 0 aromatic heterocycles. The summed E-state index contributed by atoms with van der Waals surface area (Å²) in [6.07, 6.45) is 1.57.